The van der Waals surface area contributed by atoms with E-state index >= 15 is 0 Å². The van der Waals surface area contributed by atoms with Gasteiger partial charge in [-0.3, -0.25) is 9.89 Å². The van der Waals surface area contributed by atoms with Crippen molar-refractivity contribution >= 4 is 17.3 Å². The van der Waals surface area contributed by atoms with Gasteiger partial charge in [-0.2, -0.15) is 0 Å². The van der Waals surface area contributed by atoms with E-state index in [0.717, 1.165) is 58.1 Å². The first-order chi connectivity index (χ1) is 12.5. The van der Waals surface area contributed by atoms with Crippen molar-refractivity contribution in [1.82, 2.24) is 20.5 Å². The van der Waals surface area contributed by atoms with Gasteiger partial charge in [0.2, 0.25) is 0 Å². The highest BCUT2D eigenvalue weighted by molar-refractivity contribution is 7.11. The Kier molecular flexibility index (Phi) is 8.81. The summed E-state index contributed by atoms with van der Waals surface area (Å²) in [5, 5.41) is 7.98. The zero-order valence-corrected chi connectivity index (χ0v) is 17.8. The maximum atomic E-state index is 5.89. The molecule has 0 radical (unpaired) electrons. The molecular formula is C19H35N5OS. The fourth-order valence-corrected chi connectivity index (χ4v) is 4.25. The predicted molar refractivity (Wildman–Crippen MR) is 110 cm³/mol. The minimum absolute atomic E-state index is 0.217. The summed E-state index contributed by atoms with van der Waals surface area (Å²) < 4.78 is 5.89. The third-order valence-corrected chi connectivity index (χ3v) is 5.54. The largest absolute Gasteiger partial charge is 0.374 e. The van der Waals surface area contributed by atoms with Crippen molar-refractivity contribution in [3.8, 4) is 0 Å². The molecule has 1 unspecified atom stereocenters. The summed E-state index contributed by atoms with van der Waals surface area (Å²) in [6.07, 6.45) is 2.15. The molecule has 1 atom stereocenters. The van der Waals surface area contributed by atoms with E-state index < -0.39 is 0 Å². The van der Waals surface area contributed by atoms with E-state index in [1.165, 1.54) is 15.6 Å². The van der Waals surface area contributed by atoms with Crippen molar-refractivity contribution in [1.29, 1.82) is 0 Å². The van der Waals surface area contributed by atoms with Crippen LogP contribution in [0.1, 0.15) is 36.3 Å². The van der Waals surface area contributed by atoms with Crippen molar-refractivity contribution < 1.29 is 4.74 Å². The molecule has 148 valence electrons. The van der Waals surface area contributed by atoms with Crippen LogP contribution in [0.5, 0.6) is 0 Å². The van der Waals surface area contributed by atoms with Crippen molar-refractivity contribution in [2.45, 2.75) is 46.6 Å². The second-order valence-electron chi connectivity index (χ2n) is 7.24. The number of hydrogen-bond acceptors (Lipinski definition) is 5. The molecule has 2 rings (SSSR count). The van der Waals surface area contributed by atoms with Crippen LogP contribution in [0.2, 0.25) is 0 Å². The molecule has 0 spiro atoms. The molecular weight excluding hydrogens is 346 g/mol. The highest BCUT2D eigenvalue weighted by Gasteiger charge is 2.21. The Balaban J connectivity index is 1.70. The van der Waals surface area contributed by atoms with Crippen LogP contribution in [-0.2, 0) is 17.6 Å². The third-order valence-electron chi connectivity index (χ3n) is 4.47. The molecule has 26 heavy (non-hydrogen) atoms. The fraction of sp³-hybridized carbons (Fsp3) is 0.789. The van der Waals surface area contributed by atoms with Gasteiger partial charge in [0, 0.05) is 51.1 Å². The molecule has 2 heterocycles. The Morgan fingerprint density at radius 3 is 2.88 bits per heavy atom. The number of aliphatic imine (C=N–C) groups is 1. The number of thiazole rings is 1. The summed E-state index contributed by atoms with van der Waals surface area (Å²) in [5.74, 6) is 1.53. The first-order valence-corrected chi connectivity index (χ1v) is 10.6. The SMILES string of the molecule is CCc1nc(CCNC(=NC)NCC2CN(CC(C)C)CCO2)sc1C. The Morgan fingerprint density at radius 2 is 2.23 bits per heavy atom. The van der Waals surface area contributed by atoms with Crippen LogP contribution in [0, 0.1) is 12.8 Å². The number of morpholine rings is 1. The number of aromatic nitrogens is 1. The molecule has 2 N–H and O–H groups in total. The van der Waals surface area contributed by atoms with Gasteiger partial charge in [0.25, 0.3) is 0 Å². The standard InChI is InChI=1S/C19H35N5OS/c1-6-17-15(4)26-18(23-17)7-8-21-19(20-5)22-11-16-13-24(9-10-25-16)12-14(2)3/h14,16H,6-13H2,1-5H3,(H2,20,21,22). The molecule has 0 bridgehead atoms. The summed E-state index contributed by atoms with van der Waals surface area (Å²) >= 11 is 1.80. The molecule has 1 aromatic heterocycles. The van der Waals surface area contributed by atoms with Crippen molar-refractivity contribution in [3.63, 3.8) is 0 Å². The number of ether oxygens (including phenoxy) is 1. The lowest BCUT2D eigenvalue weighted by molar-refractivity contribution is -0.0284. The lowest BCUT2D eigenvalue weighted by atomic mass is 10.2. The lowest BCUT2D eigenvalue weighted by Gasteiger charge is -2.34. The maximum absolute atomic E-state index is 5.89. The number of rotatable bonds is 8. The van der Waals surface area contributed by atoms with E-state index in [9.17, 15) is 0 Å². The normalized spacial score (nSPS) is 19.2. The van der Waals surface area contributed by atoms with E-state index in [2.05, 4.69) is 48.2 Å². The van der Waals surface area contributed by atoms with Gasteiger partial charge in [-0.05, 0) is 19.3 Å². The second kappa shape index (κ2) is 10.8. The molecule has 0 aromatic carbocycles. The summed E-state index contributed by atoms with van der Waals surface area (Å²) in [5.41, 5.74) is 1.23. The zero-order valence-electron chi connectivity index (χ0n) is 17.0. The van der Waals surface area contributed by atoms with Crippen molar-refractivity contribution in [2.75, 3.05) is 46.4 Å². The van der Waals surface area contributed by atoms with Crippen LogP contribution >= 0.6 is 11.3 Å². The van der Waals surface area contributed by atoms with Gasteiger partial charge in [-0.15, -0.1) is 11.3 Å². The lowest BCUT2D eigenvalue weighted by Crippen LogP contribution is -2.50. The Morgan fingerprint density at radius 1 is 1.42 bits per heavy atom. The van der Waals surface area contributed by atoms with Gasteiger partial charge in [0.15, 0.2) is 5.96 Å². The third kappa shape index (κ3) is 6.85. The van der Waals surface area contributed by atoms with E-state index in [4.69, 9.17) is 9.72 Å². The smallest absolute Gasteiger partial charge is 0.191 e. The van der Waals surface area contributed by atoms with Gasteiger partial charge >= 0.3 is 0 Å². The predicted octanol–water partition coefficient (Wildman–Crippen LogP) is 2.08. The number of nitrogens with zero attached hydrogens (tertiary/aromatic N) is 3. The molecule has 1 aliphatic heterocycles. The molecule has 1 fully saturated rings. The molecule has 0 saturated carbocycles. The van der Waals surface area contributed by atoms with Gasteiger partial charge in [-0.1, -0.05) is 20.8 Å². The first-order valence-electron chi connectivity index (χ1n) is 9.75. The zero-order chi connectivity index (χ0) is 18.9. The number of hydrogen-bond donors (Lipinski definition) is 2. The Labute approximate surface area is 162 Å². The van der Waals surface area contributed by atoms with E-state index in [1.807, 2.05) is 7.05 Å². The van der Waals surface area contributed by atoms with Crippen LogP contribution < -0.4 is 10.6 Å². The topological polar surface area (TPSA) is 61.8 Å². The molecule has 1 aromatic rings. The summed E-state index contributed by atoms with van der Waals surface area (Å²) in [6.45, 7) is 14.4. The van der Waals surface area contributed by atoms with Crippen molar-refractivity contribution in [2.24, 2.45) is 10.9 Å². The number of nitrogens with one attached hydrogen (secondary N) is 2. The van der Waals surface area contributed by atoms with Gasteiger partial charge in [0.05, 0.1) is 23.4 Å². The highest BCUT2D eigenvalue weighted by atomic mass is 32.1. The molecule has 1 aliphatic rings. The molecule has 6 nitrogen and oxygen atoms in total. The van der Waals surface area contributed by atoms with Crippen LogP contribution in [0.15, 0.2) is 4.99 Å². The van der Waals surface area contributed by atoms with Crippen molar-refractivity contribution in [3.05, 3.63) is 15.6 Å². The maximum Gasteiger partial charge on any atom is 0.191 e. The van der Waals surface area contributed by atoms with Gasteiger partial charge in [0.1, 0.15) is 0 Å². The minimum atomic E-state index is 0.217. The quantitative estimate of drug-likeness (QED) is 0.533. The van der Waals surface area contributed by atoms with E-state index in [1.54, 1.807) is 11.3 Å². The van der Waals surface area contributed by atoms with Crippen LogP contribution in [0.4, 0.5) is 0 Å². The second-order valence-corrected chi connectivity index (χ2v) is 8.53. The average molecular weight is 382 g/mol. The summed E-state index contributed by atoms with van der Waals surface area (Å²) in [6, 6.07) is 0. The highest BCUT2D eigenvalue weighted by Crippen LogP contribution is 2.17. The minimum Gasteiger partial charge on any atom is -0.374 e. The molecule has 1 saturated heterocycles. The van der Waals surface area contributed by atoms with Crippen LogP contribution in [0.3, 0.4) is 0 Å². The van der Waals surface area contributed by atoms with Crippen LogP contribution in [-0.4, -0.2) is 68.3 Å². The fourth-order valence-electron chi connectivity index (χ4n) is 3.23. The Bertz CT molecular complexity index is 572. The summed E-state index contributed by atoms with van der Waals surface area (Å²) in [4.78, 5) is 12.8. The number of guanidine groups is 1. The number of aryl methyl sites for hydroxylation is 2. The van der Waals surface area contributed by atoms with Gasteiger partial charge < -0.3 is 15.4 Å². The van der Waals surface area contributed by atoms with Gasteiger partial charge in [-0.25, -0.2) is 4.98 Å². The molecule has 7 heteroatoms. The Hall–Kier alpha value is -1.18. The van der Waals surface area contributed by atoms with E-state index in [-0.39, 0.29) is 6.10 Å². The molecule has 0 aliphatic carbocycles. The monoisotopic (exact) mass is 381 g/mol. The average Bonchev–Trinajstić information content (AvgIpc) is 2.97. The van der Waals surface area contributed by atoms with E-state index in [0.29, 0.717) is 5.92 Å². The summed E-state index contributed by atoms with van der Waals surface area (Å²) in [7, 11) is 1.81. The van der Waals surface area contributed by atoms with Crippen LogP contribution in [0.25, 0.3) is 0 Å². The first kappa shape index (κ1) is 21.1. The molecule has 0 amide bonds.